The molecule has 2 heterocycles. The molecule has 10 heteroatoms. The van der Waals surface area contributed by atoms with Crippen LogP contribution in [0.5, 0.6) is 11.5 Å². The van der Waals surface area contributed by atoms with Crippen LogP contribution >= 0.6 is 11.6 Å². The van der Waals surface area contributed by atoms with Crippen LogP contribution in [0.1, 0.15) is 26.7 Å². The number of rotatable bonds is 9. The lowest BCUT2D eigenvalue weighted by atomic mass is 9.96. The van der Waals surface area contributed by atoms with Gasteiger partial charge in [-0.05, 0) is 51.0 Å². The van der Waals surface area contributed by atoms with Crippen LogP contribution in [0.4, 0.5) is 20.3 Å². The van der Waals surface area contributed by atoms with Crippen LogP contribution in [0.3, 0.4) is 0 Å². The van der Waals surface area contributed by atoms with E-state index < -0.39 is 17.6 Å². The summed E-state index contributed by atoms with van der Waals surface area (Å²) in [5.74, 6) is 1.03. The van der Waals surface area contributed by atoms with Gasteiger partial charge in [0.05, 0.1) is 29.9 Å². The molecule has 35 heavy (non-hydrogen) atoms. The maximum absolute atomic E-state index is 14.0. The van der Waals surface area contributed by atoms with Gasteiger partial charge in [-0.1, -0.05) is 11.6 Å². The van der Waals surface area contributed by atoms with E-state index in [1.807, 2.05) is 4.90 Å². The molecule has 1 aliphatic heterocycles. The van der Waals surface area contributed by atoms with Gasteiger partial charge in [0.2, 0.25) is 0 Å². The van der Waals surface area contributed by atoms with Gasteiger partial charge in [-0.25, -0.2) is 18.7 Å². The predicted molar refractivity (Wildman–Crippen MR) is 132 cm³/mol. The van der Waals surface area contributed by atoms with E-state index in [-0.39, 0.29) is 11.1 Å². The number of hydrogen-bond acceptors (Lipinski definition) is 7. The molecule has 2 N–H and O–H groups in total. The van der Waals surface area contributed by atoms with Crippen molar-refractivity contribution in [1.29, 1.82) is 0 Å². The molecule has 0 amide bonds. The van der Waals surface area contributed by atoms with Crippen molar-refractivity contribution < 1.29 is 23.4 Å². The highest BCUT2D eigenvalue weighted by atomic mass is 35.5. The Labute approximate surface area is 208 Å². The van der Waals surface area contributed by atoms with Gasteiger partial charge in [0.1, 0.15) is 24.1 Å². The molecule has 0 unspecified atom stereocenters. The number of aromatic nitrogens is 2. The van der Waals surface area contributed by atoms with Crippen molar-refractivity contribution in [1.82, 2.24) is 14.9 Å². The fourth-order valence-corrected chi connectivity index (χ4v) is 4.61. The maximum Gasteiger partial charge on any atom is 0.162 e. The van der Waals surface area contributed by atoms with Gasteiger partial charge in [0, 0.05) is 36.3 Å². The minimum absolute atomic E-state index is 0.00274. The number of methoxy groups -OCH3 is 1. The minimum Gasteiger partial charge on any atom is -0.493 e. The highest BCUT2D eigenvalue weighted by Gasteiger charge is 2.40. The summed E-state index contributed by atoms with van der Waals surface area (Å²) in [6, 6.07) is 7.64. The van der Waals surface area contributed by atoms with Crippen molar-refractivity contribution in [2.45, 2.75) is 44.5 Å². The highest BCUT2D eigenvalue weighted by Crippen LogP contribution is 2.35. The zero-order valence-electron chi connectivity index (χ0n) is 19.9. The van der Waals surface area contributed by atoms with E-state index in [4.69, 9.17) is 21.1 Å². The first-order chi connectivity index (χ1) is 16.7. The molecular weight excluding hydrogens is 478 g/mol. The normalized spacial score (nSPS) is 18.7. The number of nitrogens with zero attached hydrogens (tertiary/aromatic N) is 3. The Kier molecular flexibility index (Phi) is 7.59. The molecule has 1 fully saturated rings. The molecule has 1 saturated heterocycles. The molecule has 188 valence electrons. The molecule has 0 aliphatic carbocycles. The van der Waals surface area contributed by atoms with Crippen molar-refractivity contribution in [3.05, 3.63) is 47.5 Å². The quantitative estimate of drug-likeness (QED) is 0.389. The number of alkyl halides is 1. The van der Waals surface area contributed by atoms with E-state index >= 15 is 0 Å². The second-order valence-corrected chi connectivity index (χ2v) is 9.60. The Bertz CT molecular complexity index is 1190. The highest BCUT2D eigenvalue weighted by molar-refractivity contribution is 6.31. The number of benzene rings is 2. The van der Waals surface area contributed by atoms with Crippen molar-refractivity contribution in [3.8, 4) is 11.5 Å². The molecule has 0 radical (unpaired) electrons. The number of anilines is 2. The molecule has 0 bridgehead atoms. The summed E-state index contributed by atoms with van der Waals surface area (Å²) in [6.07, 6.45) is 1.46. The lowest BCUT2D eigenvalue weighted by molar-refractivity contribution is -0.00366. The monoisotopic (exact) mass is 506 g/mol. The minimum atomic E-state index is -0.971. The Hall–Kier alpha value is -2.75. The fourth-order valence-electron chi connectivity index (χ4n) is 4.43. The van der Waals surface area contributed by atoms with E-state index in [9.17, 15) is 13.9 Å². The second-order valence-electron chi connectivity index (χ2n) is 9.20. The van der Waals surface area contributed by atoms with Crippen LogP contribution in [-0.2, 0) is 0 Å². The zero-order chi connectivity index (χ0) is 25.2. The topological polar surface area (TPSA) is 79.7 Å². The first-order valence-corrected chi connectivity index (χ1v) is 11.8. The standard InChI is InChI=1S/C25H29ClF2N4O3/c1-25(2,33)23-9-15(27)13-32(23)7-4-8-35-22-11-17-20(12-21(22)34-3)29-14-30-24(17)31-16-5-6-19(28)18(26)10-16/h5-6,10-12,14-15,23,33H,4,7-9,13H2,1-3H3,(H,29,30,31)/t15-,23-/m1/s1. The van der Waals surface area contributed by atoms with Crippen LogP contribution in [0.15, 0.2) is 36.7 Å². The SMILES string of the molecule is COc1cc2ncnc(Nc3ccc(F)c(Cl)c3)c2cc1OCCCN1C[C@H](F)C[C@@H]1C(C)(C)O. The first kappa shape index (κ1) is 25.3. The molecule has 0 saturated carbocycles. The molecule has 3 aromatic rings. The molecular formula is C25H29ClF2N4O3. The van der Waals surface area contributed by atoms with Gasteiger partial charge in [0.15, 0.2) is 11.5 Å². The Morgan fingerprint density at radius 3 is 2.74 bits per heavy atom. The Morgan fingerprint density at radius 2 is 2.03 bits per heavy atom. The van der Waals surface area contributed by atoms with E-state index in [1.54, 1.807) is 39.2 Å². The van der Waals surface area contributed by atoms with E-state index in [0.29, 0.717) is 66.4 Å². The van der Waals surface area contributed by atoms with E-state index in [1.165, 1.54) is 18.5 Å². The van der Waals surface area contributed by atoms with Gasteiger partial charge in [0.25, 0.3) is 0 Å². The largest absolute Gasteiger partial charge is 0.493 e. The third kappa shape index (κ3) is 5.91. The van der Waals surface area contributed by atoms with Crippen LogP contribution < -0.4 is 14.8 Å². The summed E-state index contributed by atoms with van der Waals surface area (Å²) >= 11 is 5.90. The van der Waals surface area contributed by atoms with E-state index in [2.05, 4.69) is 15.3 Å². The molecule has 0 spiro atoms. The second kappa shape index (κ2) is 10.5. The third-order valence-electron chi connectivity index (χ3n) is 6.12. The zero-order valence-corrected chi connectivity index (χ0v) is 20.6. The number of hydrogen-bond donors (Lipinski definition) is 2. The number of halogens is 3. The lowest BCUT2D eigenvalue weighted by Crippen LogP contribution is -2.46. The molecule has 1 aromatic heterocycles. The van der Waals surface area contributed by atoms with E-state index in [0.717, 1.165) is 0 Å². The summed E-state index contributed by atoms with van der Waals surface area (Å²) in [5, 5.41) is 14.2. The van der Waals surface area contributed by atoms with Crippen molar-refractivity contribution in [2.24, 2.45) is 0 Å². The summed E-state index contributed by atoms with van der Waals surface area (Å²) in [5.41, 5.74) is 0.244. The van der Waals surface area contributed by atoms with Gasteiger partial charge >= 0.3 is 0 Å². The molecule has 7 nitrogen and oxygen atoms in total. The Morgan fingerprint density at radius 1 is 1.23 bits per heavy atom. The predicted octanol–water partition coefficient (Wildman–Crippen LogP) is 5.13. The van der Waals surface area contributed by atoms with Crippen molar-refractivity contribution >= 4 is 34.0 Å². The van der Waals surface area contributed by atoms with Crippen LogP contribution in [0, 0.1) is 5.82 Å². The van der Waals surface area contributed by atoms with Gasteiger partial charge in [-0.15, -0.1) is 0 Å². The van der Waals surface area contributed by atoms with Crippen LogP contribution in [0.2, 0.25) is 5.02 Å². The average Bonchev–Trinajstić information content (AvgIpc) is 3.20. The Balaban J connectivity index is 1.48. The maximum atomic E-state index is 14.0. The molecule has 2 aromatic carbocycles. The van der Waals surface area contributed by atoms with Gasteiger partial charge in [-0.2, -0.15) is 0 Å². The van der Waals surface area contributed by atoms with Crippen LogP contribution in [-0.4, -0.2) is 64.6 Å². The number of nitrogens with one attached hydrogen (secondary N) is 1. The summed E-state index contributed by atoms with van der Waals surface area (Å²) in [7, 11) is 1.55. The van der Waals surface area contributed by atoms with Crippen LogP contribution in [0.25, 0.3) is 10.9 Å². The number of ether oxygens (including phenoxy) is 2. The third-order valence-corrected chi connectivity index (χ3v) is 6.41. The first-order valence-electron chi connectivity index (χ1n) is 11.4. The lowest BCUT2D eigenvalue weighted by Gasteiger charge is -2.33. The average molecular weight is 507 g/mol. The van der Waals surface area contributed by atoms with Crippen molar-refractivity contribution in [3.63, 3.8) is 0 Å². The molecule has 1 aliphatic rings. The number of likely N-dealkylation sites (tertiary alicyclic amines) is 1. The number of fused-ring (bicyclic) bond motifs is 1. The van der Waals surface area contributed by atoms with Gasteiger partial charge in [-0.3, -0.25) is 4.90 Å². The fraction of sp³-hybridized carbons (Fsp3) is 0.440. The molecule has 4 rings (SSSR count). The van der Waals surface area contributed by atoms with Crippen molar-refractivity contribution in [2.75, 3.05) is 32.1 Å². The molecule has 2 atom stereocenters. The van der Waals surface area contributed by atoms with Gasteiger partial charge < -0.3 is 19.9 Å². The summed E-state index contributed by atoms with van der Waals surface area (Å²) in [4.78, 5) is 10.6. The number of aliphatic hydroxyl groups is 1. The smallest absolute Gasteiger partial charge is 0.162 e. The summed E-state index contributed by atoms with van der Waals surface area (Å²) in [6.45, 7) is 4.72. The summed E-state index contributed by atoms with van der Waals surface area (Å²) < 4.78 is 39.0.